The van der Waals surface area contributed by atoms with Crippen LogP contribution >= 0.6 is 0 Å². The monoisotopic (exact) mass is 114 g/mol. The second-order valence-electron chi connectivity index (χ2n) is 2.09. The molecule has 1 saturated heterocycles. The van der Waals surface area contributed by atoms with Crippen LogP contribution in [-0.4, -0.2) is 32.2 Å². The molecule has 0 saturated carbocycles. The molecule has 1 atom stereocenters. The predicted molar refractivity (Wildman–Crippen MR) is 32.7 cm³/mol. The van der Waals surface area contributed by atoms with Gasteiger partial charge in [0.1, 0.15) is 0 Å². The van der Waals surface area contributed by atoms with E-state index >= 15 is 0 Å². The van der Waals surface area contributed by atoms with Gasteiger partial charge in [-0.15, -0.1) is 0 Å². The summed E-state index contributed by atoms with van der Waals surface area (Å²) in [7, 11) is 0. The van der Waals surface area contributed by atoms with Crippen molar-refractivity contribution in [1.82, 2.24) is 10.6 Å². The van der Waals surface area contributed by atoms with E-state index in [9.17, 15) is 0 Å². The summed E-state index contributed by atoms with van der Waals surface area (Å²) in [5, 5.41) is 7.34. The molecule has 3 heteroatoms. The van der Waals surface area contributed by atoms with Crippen molar-refractivity contribution < 1.29 is 0 Å². The number of nitrogens with zero attached hydrogens (tertiary/aromatic N) is 1. The Balaban J connectivity index is 2.17. The van der Waals surface area contributed by atoms with Crippen molar-refractivity contribution >= 4 is 0 Å². The van der Waals surface area contributed by atoms with E-state index in [0.717, 1.165) is 26.2 Å². The smallest absolute Gasteiger partial charge is 0.0309 e. The van der Waals surface area contributed by atoms with Gasteiger partial charge in [-0.1, -0.05) is 0 Å². The molecule has 1 heterocycles. The van der Waals surface area contributed by atoms with E-state index in [1.165, 1.54) is 0 Å². The summed E-state index contributed by atoms with van der Waals surface area (Å²) in [5.74, 6) is 0. The van der Waals surface area contributed by atoms with Crippen LogP contribution in [0.3, 0.4) is 0 Å². The number of nitrogens with one attached hydrogen (secondary N) is 1. The van der Waals surface area contributed by atoms with Crippen molar-refractivity contribution in [2.24, 2.45) is 5.73 Å². The Morgan fingerprint density at radius 3 is 3.38 bits per heavy atom. The Morgan fingerprint density at radius 2 is 2.50 bits per heavy atom. The van der Waals surface area contributed by atoms with Gasteiger partial charge in [0.25, 0.3) is 0 Å². The van der Waals surface area contributed by atoms with Gasteiger partial charge in [0, 0.05) is 32.2 Å². The molecule has 0 aliphatic carbocycles. The first-order valence-corrected chi connectivity index (χ1v) is 2.99. The predicted octanol–water partition coefficient (Wildman–Crippen LogP) is -1.48. The number of hydrogen-bond acceptors (Lipinski definition) is 2. The normalized spacial score (nSPS) is 25.1. The lowest BCUT2D eigenvalue weighted by Crippen LogP contribution is -2.35. The summed E-state index contributed by atoms with van der Waals surface area (Å²) >= 11 is 0. The maximum atomic E-state index is 5.58. The minimum atomic E-state index is 0.248. The molecule has 3 N–H and O–H groups in total. The largest absolute Gasteiger partial charge is 0.325 e. The van der Waals surface area contributed by atoms with Crippen LogP contribution in [0.15, 0.2) is 0 Å². The molecule has 1 radical (unpaired) electrons. The molecule has 0 aromatic rings. The molecule has 0 bridgehead atoms. The van der Waals surface area contributed by atoms with Crippen molar-refractivity contribution in [3.8, 4) is 0 Å². The second-order valence-corrected chi connectivity index (χ2v) is 2.09. The van der Waals surface area contributed by atoms with Gasteiger partial charge in [-0.25, -0.2) is 5.32 Å². The highest BCUT2D eigenvalue weighted by atomic mass is 15.0. The summed E-state index contributed by atoms with van der Waals surface area (Å²) < 4.78 is 0. The Bertz CT molecular complexity index is 56.7. The standard InChI is InChI=1S/C5H12N3/c6-5-3-7-1-2-8-4-5/h5,7H,1-4,6H2. The van der Waals surface area contributed by atoms with Gasteiger partial charge >= 0.3 is 0 Å². The average molecular weight is 114 g/mol. The topological polar surface area (TPSA) is 52.2 Å². The van der Waals surface area contributed by atoms with Crippen LogP contribution in [-0.2, 0) is 0 Å². The minimum absolute atomic E-state index is 0.248. The van der Waals surface area contributed by atoms with Crippen molar-refractivity contribution in [3.63, 3.8) is 0 Å². The Morgan fingerprint density at radius 1 is 1.62 bits per heavy atom. The zero-order chi connectivity index (χ0) is 5.82. The van der Waals surface area contributed by atoms with Gasteiger partial charge in [-0.05, 0) is 0 Å². The second kappa shape index (κ2) is 3.02. The van der Waals surface area contributed by atoms with Crippen LogP contribution in [0.5, 0.6) is 0 Å². The van der Waals surface area contributed by atoms with E-state index in [0.29, 0.717) is 0 Å². The van der Waals surface area contributed by atoms with Crippen LogP contribution in [0.1, 0.15) is 0 Å². The third-order valence-corrected chi connectivity index (χ3v) is 1.22. The van der Waals surface area contributed by atoms with Crippen LogP contribution in [0, 0.1) is 0 Å². The van der Waals surface area contributed by atoms with Crippen molar-refractivity contribution in [2.45, 2.75) is 6.04 Å². The highest BCUT2D eigenvalue weighted by Crippen LogP contribution is 1.78. The lowest BCUT2D eigenvalue weighted by molar-refractivity contribution is 0.613. The Hall–Kier alpha value is -0.120. The summed E-state index contributed by atoms with van der Waals surface area (Å²) in [4.78, 5) is 0. The molecular formula is C5H12N3. The van der Waals surface area contributed by atoms with Gasteiger partial charge in [-0.3, -0.25) is 0 Å². The van der Waals surface area contributed by atoms with Gasteiger partial charge in [-0.2, -0.15) is 0 Å². The van der Waals surface area contributed by atoms with E-state index in [4.69, 9.17) is 5.73 Å². The fourth-order valence-electron chi connectivity index (χ4n) is 0.767. The maximum Gasteiger partial charge on any atom is 0.0309 e. The lowest BCUT2D eigenvalue weighted by atomic mass is 10.3. The third kappa shape index (κ3) is 1.78. The minimum Gasteiger partial charge on any atom is -0.325 e. The number of nitrogens with two attached hydrogens (primary N) is 1. The highest BCUT2D eigenvalue weighted by Gasteiger charge is 2.04. The lowest BCUT2D eigenvalue weighted by Gasteiger charge is -2.03. The van der Waals surface area contributed by atoms with Crippen molar-refractivity contribution in [1.29, 1.82) is 0 Å². The summed E-state index contributed by atoms with van der Waals surface area (Å²) in [6.07, 6.45) is 0. The molecule has 3 nitrogen and oxygen atoms in total. The molecule has 47 valence electrons. The van der Waals surface area contributed by atoms with Gasteiger partial charge in [0.15, 0.2) is 0 Å². The SMILES string of the molecule is NC1C[N]CCNC1. The van der Waals surface area contributed by atoms with Crippen LogP contribution in [0.4, 0.5) is 0 Å². The highest BCUT2D eigenvalue weighted by molar-refractivity contribution is 4.71. The number of hydrogen-bond donors (Lipinski definition) is 2. The van der Waals surface area contributed by atoms with E-state index in [-0.39, 0.29) is 6.04 Å². The summed E-state index contributed by atoms with van der Waals surface area (Å²) in [6.45, 7) is 3.66. The number of rotatable bonds is 0. The molecular weight excluding hydrogens is 102 g/mol. The van der Waals surface area contributed by atoms with Crippen LogP contribution in [0.25, 0.3) is 0 Å². The molecule has 1 aliphatic heterocycles. The van der Waals surface area contributed by atoms with Gasteiger partial charge < -0.3 is 11.1 Å². The first kappa shape index (κ1) is 6.01. The third-order valence-electron chi connectivity index (χ3n) is 1.22. The molecule has 1 rings (SSSR count). The first-order valence-electron chi connectivity index (χ1n) is 2.99. The first-order chi connectivity index (χ1) is 3.89. The fourth-order valence-corrected chi connectivity index (χ4v) is 0.767. The van der Waals surface area contributed by atoms with Crippen molar-refractivity contribution in [3.05, 3.63) is 0 Å². The van der Waals surface area contributed by atoms with Gasteiger partial charge in [0.2, 0.25) is 0 Å². The van der Waals surface area contributed by atoms with E-state index in [1.807, 2.05) is 0 Å². The Kier molecular flexibility index (Phi) is 2.27. The van der Waals surface area contributed by atoms with Crippen LogP contribution in [0.2, 0.25) is 0 Å². The molecule has 1 unspecified atom stereocenters. The fraction of sp³-hybridized carbons (Fsp3) is 1.00. The molecule has 1 aliphatic rings. The molecule has 8 heavy (non-hydrogen) atoms. The van der Waals surface area contributed by atoms with Gasteiger partial charge in [0.05, 0.1) is 0 Å². The molecule has 0 aromatic heterocycles. The van der Waals surface area contributed by atoms with E-state index in [1.54, 1.807) is 0 Å². The van der Waals surface area contributed by atoms with E-state index < -0.39 is 0 Å². The van der Waals surface area contributed by atoms with E-state index in [2.05, 4.69) is 10.6 Å². The summed E-state index contributed by atoms with van der Waals surface area (Å²) in [5.41, 5.74) is 5.58. The van der Waals surface area contributed by atoms with Crippen molar-refractivity contribution in [2.75, 3.05) is 26.2 Å². The quantitative estimate of drug-likeness (QED) is 0.403. The Labute approximate surface area is 49.6 Å². The molecule has 0 amide bonds. The zero-order valence-electron chi connectivity index (χ0n) is 4.93. The zero-order valence-corrected chi connectivity index (χ0v) is 4.93. The summed E-state index contributed by atoms with van der Waals surface area (Å²) in [6, 6.07) is 0.248. The molecule has 1 fully saturated rings. The average Bonchev–Trinajstić information content (AvgIpc) is 1.94. The molecule has 0 aromatic carbocycles. The maximum absolute atomic E-state index is 5.58. The van der Waals surface area contributed by atoms with Crippen LogP contribution < -0.4 is 16.4 Å². The molecule has 0 spiro atoms.